The molecule has 0 bridgehead atoms. The van der Waals surface area contributed by atoms with Gasteiger partial charge in [0, 0.05) is 24.2 Å². The number of benzene rings is 3. The van der Waals surface area contributed by atoms with E-state index in [0.29, 0.717) is 22.8 Å². The highest BCUT2D eigenvalue weighted by molar-refractivity contribution is 6.02. The second-order valence-electron chi connectivity index (χ2n) is 9.38. The van der Waals surface area contributed by atoms with Gasteiger partial charge >= 0.3 is 5.97 Å². The van der Waals surface area contributed by atoms with E-state index in [-0.39, 0.29) is 24.2 Å². The van der Waals surface area contributed by atoms with E-state index in [4.69, 9.17) is 14.2 Å². The minimum absolute atomic E-state index is 0.0150. The van der Waals surface area contributed by atoms with Crippen molar-refractivity contribution >= 4 is 23.7 Å². The Hall–Kier alpha value is -5.13. The molecule has 0 aliphatic carbocycles. The summed E-state index contributed by atoms with van der Waals surface area (Å²) >= 11 is 0. The molecule has 1 aliphatic heterocycles. The van der Waals surface area contributed by atoms with Crippen LogP contribution in [-0.4, -0.2) is 79.2 Å². The van der Waals surface area contributed by atoms with Gasteiger partial charge in [0.25, 0.3) is 17.7 Å². The third kappa shape index (κ3) is 6.43. The van der Waals surface area contributed by atoms with Crippen molar-refractivity contribution < 1.29 is 42.9 Å². The summed E-state index contributed by atoms with van der Waals surface area (Å²) in [5, 5.41) is 12.2. The number of nitrogens with zero attached hydrogens (tertiary/aromatic N) is 2. The van der Waals surface area contributed by atoms with Crippen molar-refractivity contribution in [1.82, 2.24) is 15.1 Å². The van der Waals surface area contributed by atoms with Gasteiger partial charge in [0.15, 0.2) is 17.7 Å². The Labute approximate surface area is 241 Å². The van der Waals surface area contributed by atoms with Gasteiger partial charge in [-0.15, -0.1) is 0 Å². The lowest BCUT2D eigenvalue weighted by Gasteiger charge is -2.31. The molecule has 2 atom stereocenters. The molecular weight excluding hydrogens is 549 g/mol. The molecule has 4 rings (SSSR count). The Bertz CT molecular complexity index is 1480. The molecule has 0 saturated carbocycles. The Kier molecular flexibility index (Phi) is 9.25. The molecule has 1 aliphatic rings. The first-order valence-corrected chi connectivity index (χ1v) is 12.9. The average molecular weight is 580 g/mol. The van der Waals surface area contributed by atoms with E-state index in [2.05, 4.69) is 5.32 Å². The van der Waals surface area contributed by atoms with Crippen LogP contribution in [0.1, 0.15) is 38.7 Å². The Morgan fingerprint density at radius 3 is 2.05 bits per heavy atom. The number of carbonyl (C=O) groups is 4. The number of aliphatic carboxylic acids is 1. The van der Waals surface area contributed by atoms with Crippen molar-refractivity contribution in [3.63, 3.8) is 0 Å². The summed E-state index contributed by atoms with van der Waals surface area (Å²) in [6, 6.07) is 14.9. The maximum atomic E-state index is 13.9. The minimum atomic E-state index is -1.43. The molecule has 3 amide bonds. The van der Waals surface area contributed by atoms with Crippen LogP contribution in [0.4, 0.5) is 4.39 Å². The van der Waals surface area contributed by atoms with E-state index in [0.717, 1.165) is 12.1 Å². The maximum Gasteiger partial charge on any atom is 0.305 e. The van der Waals surface area contributed by atoms with Crippen molar-refractivity contribution in [2.45, 2.75) is 18.6 Å². The number of amides is 3. The Balaban J connectivity index is 1.71. The molecule has 1 fully saturated rings. The fourth-order valence-corrected chi connectivity index (χ4v) is 4.76. The molecule has 12 heteroatoms. The molecule has 0 radical (unpaired) electrons. The number of hydrogen-bond donors (Lipinski definition) is 2. The van der Waals surface area contributed by atoms with Crippen molar-refractivity contribution in [2.24, 2.45) is 0 Å². The lowest BCUT2D eigenvalue weighted by atomic mass is 10.0. The van der Waals surface area contributed by atoms with Gasteiger partial charge in [-0.05, 0) is 54.1 Å². The second kappa shape index (κ2) is 13.0. The lowest BCUT2D eigenvalue weighted by molar-refractivity contribution is -0.138. The van der Waals surface area contributed by atoms with E-state index in [1.165, 1.54) is 61.5 Å². The highest BCUT2D eigenvalue weighted by atomic mass is 19.1. The summed E-state index contributed by atoms with van der Waals surface area (Å²) in [6.07, 6.45) is -1.95. The Morgan fingerprint density at radius 1 is 0.857 bits per heavy atom. The van der Waals surface area contributed by atoms with Crippen molar-refractivity contribution in [3.05, 3.63) is 89.2 Å². The van der Waals surface area contributed by atoms with Crippen LogP contribution >= 0.6 is 0 Å². The molecule has 0 aromatic heterocycles. The van der Waals surface area contributed by atoms with E-state index in [1.54, 1.807) is 24.3 Å². The maximum absolute atomic E-state index is 13.9. The van der Waals surface area contributed by atoms with Gasteiger partial charge in [-0.25, -0.2) is 4.39 Å². The van der Waals surface area contributed by atoms with Gasteiger partial charge in [0.2, 0.25) is 0 Å². The second-order valence-corrected chi connectivity index (χ2v) is 9.38. The van der Waals surface area contributed by atoms with E-state index in [9.17, 15) is 28.7 Å². The number of hydrogen-bond acceptors (Lipinski definition) is 7. The summed E-state index contributed by atoms with van der Waals surface area (Å²) in [5.74, 6) is -2.50. The number of carboxylic acid groups (broad SMARTS) is 1. The number of methoxy groups -OCH3 is 3. The highest BCUT2D eigenvalue weighted by Gasteiger charge is 2.44. The highest BCUT2D eigenvalue weighted by Crippen LogP contribution is 2.30. The van der Waals surface area contributed by atoms with E-state index < -0.39 is 48.1 Å². The first-order valence-electron chi connectivity index (χ1n) is 12.9. The SMILES string of the molecule is COc1cccc(C(=O)N2CCN(C(=O)c3ccc(OC)c(OC)c3)C2C(=O)NC(CC(=O)O)c2ccc(F)cc2)c1. The van der Waals surface area contributed by atoms with Gasteiger partial charge in [0.05, 0.1) is 33.8 Å². The van der Waals surface area contributed by atoms with Crippen LogP contribution in [0, 0.1) is 5.82 Å². The van der Waals surface area contributed by atoms with Crippen LogP contribution in [0.3, 0.4) is 0 Å². The molecular formula is C30H30FN3O8. The fourth-order valence-electron chi connectivity index (χ4n) is 4.76. The molecule has 2 unspecified atom stereocenters. The van der Waals surface area contributed by atoms with Crippen LogP contribution in [0.5, 0.6) is 17.2 Å². The van der Waals surface area contributed by atoms with Gasteiger partial charge < -0.3 is 34.4 Å². The number of ether oxygens (including phenoxy) is 3. The summed E-state index contributed by atoms with van der Waals surface area (Å²) in [6.45, 7) is 0.0361. The molecule has 3 aromatic rings. The van der Waals surface area contributed by atoms with E-state index >= 15 is 0 Å². The van der Waals surface area contributed by atoms with Crippen LogP contribution in [0.15, 0.2) is 66.7 Å². The van der Waals surface area contributed by atoms with E-state index in [1.807, 2.05) is 0 Å². The van der Waals surface area contributed by atoms with Crippen LogP contribution in [0.25, 0.3) is 0 Å². The average Bonchev–Trinajstić information content (AvgIpc) is 3.45. The number of halogens is 1. The number of carbonyl (C=O) groups excluding carboxylic acids is 3. The smallest absolute Gasteiger partial charge is 0.305 e. The Morgan fingerprint density at radius 2 is 1.48 bits per heavy atom. The first kappa shape index (κ1) is 29.8. The van der Waals surface area contributed by atoms with Crippen molar-refractivity contribution in [3.8, 4) is 17.2 Å². The standard InChI is InChI=1S/C30H30FN3O8/c1-40-22-6-4-5-19(15-22)29(38)33-13-14-34(30(39)20-9-12-24(41-2)25(16-20)42-3)28(33)27(37)32-23(17-26(35)36)18-7-10-21(31)11-8-18/h4-12,15-16,23,28H,13-14,17H2,1-3H3,(H,32,37)(H,35,36). The minimum Gasteiger partial charge on any atom is -0.497 e. The summed E-state index contributed by atoms with van der Waals surface area (Å²) < 4.78 is 29.4. The monoisotopic (exact) mass is 579 g/mol. The zero-order chi connectivity index (χ0) is 30.4. The number of carboxylic acids is 1. The number of nitrogens with one attached hydrogen (secondary N) is 1. The zero-order valence-corrected chi connectivity index (χ0v) is 23.2. The van der Waals surface area contributed by atoms with Crippen molar-refractivity contribution in [2.75, 3.05) is 34.4 Å². The molecule has 3 aromatic carbocycles. The normalized spacial score (nSPS) is 15.1. The van der Waals surface area contributed by atoms with Gasteiger partial charge in [-0.2, -0.15) is 0 Å². The third-order valence-electron chi connectivity index (χ3n) is 6.84. The quantitative estimate of drug-likeness (QED) is 0.374. The molecule has 1 saturated heterocycles. The lowest BCUT2D eigenvalue weighted by Crippen LogP contribution is -2.54. The zero-order valence-electron chi connectivity index (χ0n) is 23.2. The molecule has 42 heavy (non-hydrogen) atoms. The first-order chi connectivity index (χ1) is 20.2. The third-order valence-corrected chi connectivity index (χ3v) is 6.84. The summed E-state index contributed by atoms with van der Waals surface area (Å²) in [5.41, 5.74) is 0.753. The van der Waals surface area contributed by atoms with Gasteiger partial charge in [-0.3, -0.25) is 19.2 Å². The van der Waals surface area contributed by atoms with Crippen LogP contribution < -0.4 is 19.5 Å². The predicted molar refractivity (Wildman–Crippen MR) is 148 cm³/mol. The largest absolute Gasteiger partial charge is 0.497 e. The molecule has 11 nitrogen and oxygen atoms in total. The summed E-state index contributed by atoms with van der Waals surface area (Å²) in [4.78, 5) is 55.4. The van der Waals surface area contributed by atoms with Crippen LogP contribution in [-0.2, 0) is 9.59 Å². The molecule has 0 spiro atoms. The molecule has 1 heterocycles. The topological polar surface area (TPSA) is 135 Å². The predicted octanol–water partition coefficient (Wildman–Crippen LogP) is 3.11. The van der Waals surface area contributed by atoms with Gasteiger partial charge in [-0.1, -0.05) is 18.2 Å². The summed E-state index contributed by atoms with van der Waals surface area (Å²) in [7, 11) is 4.33. The van der Waals surface area contributed by atoms with Crippen LogP contribution in [0.2, 0.25) is 0 Å². The molecule has 2 N–H and O–H groups in total. The fraction of sp³-hybridized carbons (Fsp3) is 0.267. The molecule has 220 valence electrons. The number of rotatable bonds is 10. The van der Waals surface area contributed by atoms with Crippen molar-refractivity contribution in [1.29, 1.82) is 0 Å². The van der Waals surface area contributed by atoms with Gasteiger partial charge in [0.1, 0.15) is 11.6 Å².